The molecule has 0 amide bonds. The lowest BCUT2D eigenvalue weighted by molar-refractivity contribution is 0.173. The molecule has 1 aliphatic carbocycles. The quantitative estimate of drug-likeness (QED) is 0.184. The van der Waals surface area contributed by atoms with E-state index in [4.69, 9.17) is 9.97 Å². The molecule has 2 aliphatic heterocycles. The highest BCUT2D eigenvalue weighted by atomic mass is 15.2. The van der Waals surface area contributed by atoms with Crippen molar-refractivity contribution in [3.63, 3.8) is 0 Å². The van der Waals surface area contributed by atoms with Crippen LogP contribution in [0, 0.1) is 11.8 Å². The maximum atomic E-state index is 5.43. The van der Waals surface area contributed by atoms with Crippen molar-refractivity contribution in [2.45, 2.75) is 71.4 Å². The van der Waals surface area contributed by atoms with E-state index < -0.39 is 0 Å². The summed E-state index contributed by atoms with van der Waals surface area (Å²) in [7, 11) is 0. The second kappa shape index (κ2) is 11.5. The van der Waals surface area contributed by atoms with Crippen molar-refractivity contribution in [3.8, 4) is 17.1 Å². The standard InChI is InChI=1S/C39H42N4/c1-5-6-16-32(28(4)42-27(3)24-30-21-22-31(42)23-26(30)2)39-40-35(29-14-8-7-9-15-29)25-38(41-39)43-36-19-12-10-17-33(36)34-18-11-13-20-37(34)43/h5,7-15,17-20,25-27,30-31H,1,6,16,21-24H2,2-4H3/b32-28-. The summed E-state index contributed by atoms with van der Waals surface area (Å²) in [5.74, 6) is 3.36. The molecule has 0 N–H and O–H groups in total. The van der Waals surface area contributed by atoms with E-state index in [9.17, 15) is 0 Å². The van der Waals surface area contributed by atoms with Crippen LogP contribution in [0.25, 0.3) is 44.5 Å². The molecule has 4 atom stereocenters. The molecule has 0 spiro atoms. The summed E-state index contributed by atoms with van der Waals surface area (Å²) in [6.45, 7) is 11.3. The average Bonchev–Trinajstić information content (AvgIpc) is 3.21. The van der Waals surface area contributed by atoms with E-state index in [1.165, 1.54) is 47.7 Å². The Morgan fingerprint density at radius 2 is 1.53 bits per heavy atom. The third kappa shape index (κ3) is 4.97. The van der Waals surface area contributed by atoms with Crippen molar-refractivity contribution in [1.29, 1.82) is 0 Å². The summed E-state index contributed by atoms with van der Waals surface area (Å²) in [6.07, 6.45) is 8.96. The highest BCUT2D eigenvalue weighted by Crippen LogP contribution is 2.44. The average molecular weight is 567 g/mol. The first-order chi connectivity index (χ1) is 21.0. The molecule has 1 saturated carbocycles. The molecule has 2 bridgehead atoms. The predicted octanol–water partition coefficient (Wildman–Crippen LogP) is 9.84. The maximum Gasteiger partial charge on any atom is 0.159 e. The van der Waals surface area contributed by atoms with E-state index in [-0.39, 0.29) is 0 Å². The number of hydrogen-bond acceptors (Lipinski definition) is 3. The number of fused-ring (bicyclic) bond motifs is 7. The summed E-state index contributed by atoms with van der Waals surface area (Å²) < 4.78 is 2.32. The van der Waals surface area contributed by atoms with Gasteiger partial charge in [0.25, 0.3) is 0 Å². The predicted molar refractivity (Wildman–Crippen MR) is 180 cm³/mol. The van der Waals surface area contributed by atoms with Crippen LogP contribution in [0.1, 0.15) is 65.1 Å². The lowest BCUT2D eigenvalue weighted by atomic mass is 9.78. The lowest BCUT2D eigenvalue weighted by Gasteiger charge is -2.39. The fraction of sp³-hybridized carbons (Fsp3) is 0.333. The van der Waals surface area contributed by atoms with E-state index in [2.05, 4.69) is 122 Å². The first-order valence-electron chi connectivity index (χ1n) is 16.1. The van der Waals surface area contributed by atoms with Gasteiger partial charge in [0.1, 0.15) is 5.82 Å². The molecule has 2 saturated heterocycles. The Balaban J connectivity index is 1.47. The zero-order chi connectivity index (χ0) is 29.5. The Hall–Kier alpha value is -4.18. The zero-order valence-corrected chi connectivity index (χ0v) is 25.7. The topological polar surface area (TPSA) is 34.0 Å². The molecule has 43 heavy (non-hydrogen) atoms. The molecule has 3 aromatic carbocycles. The van der Waals surface area contributed by atoms with Crippen molar-refractivity contribution >= 4 is 27.4 Å². The maximum absolute atomic E-state index is 5.43. The van der Waals surface area contributed by atoms with E-state index in [0.717, 1.165) is 58.6 Å². The SMILES string of the molecule is C=CCC/C(=C(\C)N1C(C)CC2CCC1CC2C)c1nc(-c2ccccc2)cc(-n2c3ccccc3c3ccccc32)n1. The van der Waals surface area contributed by atoms with Gasteiger partial charge in [0.2, 0.25) is 0 Å². The molecule has 218 valence electrons. The molecule has 3 aliphatic rings. The normalized spacial score (nSPS) is 22.5. The number of rotatable bonds is 7. The Morgan fingerprint density at radius 1 is 0.860 bits per heavy atom. The van der Waals surface area contributed by atoms with Crippen molar-refractivity contribution in [2.24, 2.45) is 11.8 Å². The smallest absolute Gasteiger partial charge is 0.159 e. The molecule has 4 heterocycles. The zero-order valence-electron chi connectivity index (χ0n) is 25.7. The van der Waals surface area contributed by atoms with E-state index in [0.29, 0.717) is 12.1 Å². The van der Waals surface area contributed by atoms with E-state index in [1.807, 2.05) is 6.08 Å². The molecule has 4 unspecified atom stereocenters. The second-order valence-corrected chi connectivity index (χ2v) is 12.8. The van der Waals surface area contributed by atoms with Crippen LogP contribution in [0.15, 0.2) is 103 Å². The summed E-state index contributed by atoms with van der Waals surface area (Å²) in [5, 5.41) is 2.47. The summed E-state index contributed by atoms with van der Waals surface area (Å²) in [6, 6.07) is 31.1. The number of aromatic nitrogens is 3. The third-order valence-electron chi connectivity index (χ3n) is 10.1. The largest absolute Gasteiger partial charge is 0.369 e. The van der Waals surface area contributed by atoms with Gasteiger partial charge in [0.15, 0.2) is 5.82 Å². The Labute approximate surface area is 255 Å². The molecular formula is C39H42N4. The van der Waals surface area contributed by atoms with Crippen molar-refractivity contribution < 1.29 is 0 Å². The summed E-state index contributed by atoms with van der Waals surface area (Å²) in [4.78, 5) is 13.5. The van der Waals surface area contributed by atoms with Gasteiger partial charge in [0.05, 0.1) is 16.7 Å². The summed E-state index contributed by atoms with van der Waals surface area (Å²) in [5.41, 5.74) is 6.95. The van der Waals surface area contributed by atoms with Gasteiger partial charge in [-0.05, 0) is 76.3 Å². The van der Waals surface area contributed by atoms with Gasteiger partial charge in [-0.25, -0.2) is 9.97 Å². The number of para-hydroxylation sites is 2. The molecule has 2 aromatic heterocycles. The highest BCUT2D eigenvalue weighted by Gasteiger charge is 2.39. The molecular weight excluding hydrogens is 524 g/mol. The number of nitrogens with zero attached hydrogens (tertiary/aromatic N) is 4. The van der Waals surface area contributed by atoms with Crippen LogP contribution in [0.2, 0.25) is 0 Å². The number of hydrogen-bond donors (Lipinski definition) is 0. The lowest BCUT2D eigenvalue weighted by Crippen LogP contribution is -2.39. The van der Waals surface area contributed by atoms with E-state index in [1.54, 1.807) is 0 Å². The first-order valence-corrected chi connectivity index (χ1v) is 16.1. The van der Waals surface area contributed by atoms with Crippen LogP contribution >= 0.6 is 0 Å². The van der Waals surface area contributed by atoms with Crippen LogP contribution in [0.3, 0.4) is 0 Å². The molecule has 4 heteroatoms. The van der Waals surface area contributed by atoms with Gasteiger partial charge in [0, 0.05) is 45.8 Å². The molecule has 5 aromatic rings. The van der Waals surface area contributed by atoms with Gasteiger partial charge in [-0.2, -0.15) is 0 Å². The number of benzene rings is 3. The Kier molecular flexibility index (Phi) is 7.38. The number of allylic oxidation sites excluding steroid dienone is 3. The summed E-state index contributed by atoms with van der Waals surface area (Å²) >= 11 is 0. The van der Waals surface area contributed by atoms with Crippen LogP contribution in [-0.4, -0.2) is 31.5 Å². The molecule has 0 radical (unpaired) electrons. The van der Waals surface area contributed by atoms with Gasteiger partial charge in [-0.1, -0.05) is 79.7 Å². The van der Waals surface area contributed by atoms with E-state index >= 15 is 0 Å². The minimum Gasteiger partial charge on any atom is -0.369 e. The third-order valence-corrected chi connectivity index (χ3v) is 10.1. The van der Waals surface area contributed by atoms with Gasteiger partial charge >= 0.3 is 0 Å². The van der Waals surface area contributed by atoms with Crippen LogP contribution < -0.4 is 0 Å². The highest BCUT2D eigenvalue weighted by molar-refractivity contribution is 6.09. The van der Waals surface area contributed by atoms with Gasteiger partial charge in [-0.15, -0.1) is 6.58 Å². The Morgan fingerprint density at radius 3 is 2.21 bits per heavy atom. The van der Waals surface area contributed by atoms with Crippen LogP contribution in [0.5, 0.6) is 0 Å². The van der Waals surface area contributed by atoms with Crippen molar-refractivity contribution in [3.05, 3.63) is 109 Å². The fourth-order valence-corrected chi connectivity index (χ4v) is 8.02. The molecule has 4 nitrogen and oxygen atoms in total. The van der Waals surface area contributed by atoms with Crippen molar-refractivity contribution in [1.82, 2.24) is 19.4 Å². The van der Waals surface area contributed by atoms with Crippen LogP contribution in [-0.2, 0) is 0 Å². The van der Waals surface area contributed by atoms with Crippen molar-refractivity contribution in [2.75, 3.05) is 0 Å². The fourth-order valence-electron chi connectivity index (χ4n) is 8.02. The molecule has 8 rings (SSSR count). The second-order valence-electron chi connectivity index (χ2n) is 12.8. The molecule has 3 fully saturated rings. The Bertz CT molecular complexity index is 1760. The minimum atomic E-state index is 0.510. The van der Waals surface area contributed by atoms with Crippen LogP contribution in [0.4, 0.5) is 0 Å². The van der Waals surface area contributed by atoms with Gasteiger partial charge in [-0.3, -0.25) is 4.57 Å². The first kappa shape index (κ1) is 27.6. The van der Waals surface area contributed by atoms with Gasteiger partial charge < -0.3 is 4.90 Å². The monoisotopic (exact) mass is 566 g/mol. The minimum absolute atomic E-state index is 0.510.